The van der Waals surface area contributed by atoms with Crippen molar-refractivity contribution in [3.63, 3.8) is 0 Å². The van der Waals surface area contributed by atoms with E-state index in [1.807, 2.05) is 0 Å². The first kappa shape index (κ1) is 14.2. The molecule has 3 aromatic carbocycles. The lowest BCUT2D eigenvalue weighted by atomic mass is 10.0. The van der Waals surface area contributed by atoms with E-state index in [9.17, 15) is 0 Å². The summed E-state index contributed by atoms with van der Waals surface area (Å²) in [6.45, 7) is 2.16. The van der Waals surface area contributed by atoms with Crippen LogP contribution in [-0.4, -0.2) is 9.97 Å². The molecule has 0 radical (unpaired) electrons. The minimum absolute atomic E-state index is 0.927. The van der Waals surface area contributed by atoms with E-state index in [1.165, 1.54) is 21.5 Å². The summed E-state index contributed by atoms with van der Waals surface area (Å²) >= 11 is 0. The van der Waals surface area contributed by atoms with Gasteiger partial charge in [0.2, 0.25) is 0 Å². The Kier molecular flexibility index (Phi) is 3.10. The maximum atomic E-state index is 4.96. The van der Waals surface area contributed by atoms with E-state index in [0.717, 1.165) is 34.4 Å². The SMILES string of the molecule is CCc1cc2c([nH]c3ccccc32)c(-c2ccc3ccccc3c2)n1. The van der Waals surface area contributed by atoms with Gasteiger partial charge in [-0.05, 0) is 35.4 Å². The third-order valence-electron chi connectivity index (χ3n) is 4.93. The number of H-pyrrole nitrogens is 1. The van der Waals surface area contributed by atoms with Gasteiger partial charge < -0.3 is 4.98 Å². The molecule has 2 heterocycles. The Hall–Kier alpha value is -3.13. The molecule has 1 N–H and O–H groups in total. The van der Waals surface area contributed by atoms with Gasteiger partial charge in [0.25, 0.3) is 0 Å². The van der Waals surface area contributed by atoms with Gasteiger partial charge in [-0.2, -0.15) is 0 Å². The average Bonchev–Trinajstić information content (AvgIpc) is 3.05. The van der Waals surface area contributed by atoms with Crippen molar-refractivity contribution in [3.05, 3.63) is 78.5 Å². The fourth-order valence-electron chi connectivity index (χ4n) is 3.63. The van der Waals surface area contributed by atoms with E-state index >= 15 is 0 Å². The minimum atomic E-state index is 0.927. The van der Waals surface area contributed by atoms with Crippen molar-refractivity contribution in [2.75, 3.05) is 0 Å². The van der Waals surface area contributed by atoms with Gasteiger partial charge in [0, 0.05) is 27.5 Å². The van der Waals surface area contributed by atoms with Crippen LogP contribution in [0.1, 0.15) is 12.6 Å². The van der Waals surface area contributed by atoms with Gasteiger partial charge in [-0.3, -0.25) is 4.98 Å². The zero-order valence-electron chi connectivity index (χ0n) is 14.1. The van der Waals surface area contributed by atoms with E-state index in [0.29, 0.717) is 0 Å². The van der Waals surface area contributed by atoms with Gasteiger partial charge in [0.05, 0.1) is 11.2 Å². The van der Waals surface area contributed by atoms with E-state index < -0.39 is 0 Å². The highest BCUT2D eigenvalue weighted by molar-refractivity contribution is 6.11. The monoisotopic (exact) mass is 322 g/mol. The standard InChI is InChI=1S/C23H18N2/c1-2-18-14-20-19-9-5-6-10-21(19)25-23(20)22(24-18)17-12-11-15-7-3-4-8-16(15)13-17/h3-14,25H,2H2,1H3. The van der Waals surface area contributed by atoms with E-state index in [2.05, 4.69) is 84.7 Å². The summed E-state index contributed by atoms with van der Waals surface area (Å²) in [5, 5.41) is 5.01. The number of aromatic amines is 1. The first-order chi connectivity index (χ1) is 12.3. The van der Waals surface area contributed by atoms with Crippen LogP contribution in [0, 0.1) is 0 Å². The molecule has 0 amide bonds. The lowest BCUT2D eigenvalue weighted by Crippen LogP contribution is -1.92. The number of aromatic nitrogens is 2. The maximum absolute atomic E-state index is 4.96. The first-order valence-electron chi connectivity index (χ1n) is 8.73. The molecule has 0 bridgehead atoms. The molecule has 0 aliphatic rings. The maximum Gasteiger partial charge on any atom is 0.0946 e. The summed E-state index contributed by atoms with van der Waals surface area (Å²) in [6, 6.07) is 25.8. The Labute approximate surface area is 146 Å². The molecule has 0 atom stereocenters. The van der Waals surface area contributed by atoms with Crippen LogP contribution in [0.4, 0.5) is 0 Å². The second-order valence-electron chi connectivity index (χ2n) is 6.47. The highest BCUT2D eigenvalue weighted by Gasteiger charge is 2.13. The van der Waals surface area contributed by atoms with Crippen molar-refractivity contribution in [2.24, 2.45) is 0 Å². The third-order valence-corrected chi connectivity index (χ3v) is 4.93. The lowest BCUT2D eigenvalue weighted by Gasteiger charge is -2.08. The van der Waals surface area contributed by atoms with E-state index in [1.54, 1.807) is 0 Å². The van der Waals surface area contributed by atoms with Crippen molar-refractivity contribution < 1.29 is 0 Å². The topological polar surface area (TPSA) is 28.7 Å². The first-order valence-corrected chi connectivity index (χ1v) is 8.73. The molecule has 2 nitrogen and oxygen atoms in total. The van der Waals surface area contributed by atoms with Crippen LogP contribution in [0.25, 0.3) is 43.8 Å². The second kappa shape index (κ2) is 5.45. The number of rotatable bonds is 2. The second-order valence-corrected chi connectivity index (χ2v) is 6.47. The zero-order valence-corrected chi connectivity index (χ0v) is 14.1. The molecule has 0 unspecified atom stereocenters. The highest BCUT2D eigenvalue weighted by atomic mass is 14.8. The van der Waals surface area contributed by atoms with Gasteiger partial charge in [0.15, 0.2) is 0 Å². The Morgan fingerprint density at radius 3 is 2.48 bits per heavy atom. The Bertz CT molecular complexity index is 1230. The van der Waals surface area contributed by atoms with Crippen molar-refractivity contribution in [2.45, 2.75) is 13.3 Å². The number of aryl methyl sites for hydroxylation is 1. The van der Waals surface area contributed by atoms with Crippen LogP contribution in [0.15, 0.2) is 72.8 Å². The molecule has 0 fully saturated rings. The summed E-state index contributed by atoms with van der Waals surface area (Å²) < 4.78 is 0. The molecular formula is C23H18N2. The molecule has 25 heavy (non-hydrogen) atoms. The number of pyridine rings is 1. The predicted octanol–water partition coefficient (Wildman–Crippen LogP) is 6.10. The van der Waals surface area contributed by atoms with Crippen LogP contribution >= 0.6 is 0 Å². The highest BCUT2D eigenvalue weighted by Crippen LogP contribution is 2.33. The molecule has 120 valence electrons. The molecule has 0 saturated heterocycles. The molecule has 2 heteroatoms. The quantitative estimate of drug-likeness (QED) is 0.418. The molecule has 0 aliphatic carbocycles. The zero-order chi connectivity index (χ0) is 16.8. The van der Waals surface area contributed by atoms with Gasteiger partial charge in [-0.25, -0.2) is 0 Å². The molecule has 5 rings (SSSR count). The summed E-state index contributed by atoms with van der Waals surface area (Å²) in [6.07, 6.45) is 0.927. The molecular weight excluding hydrogens is 304 g/mol. The van der Waals surface area contributed by atoms with Crippen molar-refractivity contribution >= 4 is 32.6 Å². The van der Waals surface area contributed by atoms with Crippen LogP contribution in [0.3, 0.4) is 0 Å². The third kappa shape index (κ3) is 2.22. The summed E-state index contributed by atoms with van der Waals surface area (Å²) in [5.74, 6) is 0. The Morgan fingerprint density at radius 2 is 1.60 bits per heavy atom. The normalized spacial score (nSPS) is 11.6. The van der Waals surface area contributed by atoms with E-state index in [-0.39, 0.29) is 0 Å². The van der Waals surface area contributed by atoms with Crippen LogP contribution < -0.4 is 0 Å². The van der Waals surface area contributed by atoms with Crippen LogP contribution in [-0.2, 0) is 6.42 Å². The molecule has 2 aromatic heterocycles. The van der Waals surface area contributed by atoms with Crippen molar-refractivity contribution in [3.8, 4) is 11.3 Å². The minimum Gasteiger partial charge on any atom is -0.353 e. The predicted molar refractivity (Wildman–Crippen MR) is 106 cm³/mol. The summed E-state index contributed by atoms with van der Waals surface area (Å²) in [5.41, 5.74) is 5.60. The van der Waals surface area contributed by atoms with Gasteiger partial charge in [-0.15, -0.1) is 0 Å². The smallest absolute Gasteiger partial charge is 0.0946 e. The summed E-state index contributed by atoms with van der Waals surface area (Å²) in [7, 11) is 0. The Morgan fingerprint density at radius 1 is 0.800 bits per heavy atom. The number of benzene rings is 3. The number of nitrogens with zero attached hydrogens (tertiary/aromatic N) is 1. The largest absolute Gasteiger partial charge is 0.353 e. The van der Waals surface area contributed by atoms with Crippen LogP contribution in [0.2, 0.25) is 0 Å². The van der Waals surface area contributed by atoms with Gasteiger partial charge in [0.1, 0.15) is 0 Å². The number of fused-ring (bicyclic) bond motifs is 4. The number of hydrogen-bond acceptors (Lipinski definition) is 1. The lowest BCUT2D eigenvalue weighted by molar-refractivity contribution is 1.05. The molecule has 5 aromatic rings. The molecule has 0 saturated carbocycles. The number of nitrogens with one attached hydrogen (secondary N) is 1. The van der Waals surface area contributed by atoms with E-state index in [4.69, 9.17) is 4.98 Å². The number of para-hydroxylation sites is 1. The van der Waals surface area contributed by atoms with Gasteiger partial charge >= 0.3 is 0 Å². The van der Waals surface area contributed by atoms with Crippen molar-refractivity contribution in [1.29, 1.82) is 0 Å². The Balaban J connectivity index is 1.86. The van der Waals surface area contributed by atoms with Crippen LogP contribution in [0.5, 0.6) is 0 Å². The fraction of sp³-hybridized carbons (Fsp3) is 0.0870. The summed E-state index contributed by atoms with van der Waals surface area (Å²) in [4.78, 5) is 8.54. The molecule has 0 aliphatic heterocycles. The van der Waals surface area contributed by atoms with Crippen molar-refractivity contribution in [1.82, 2.24) is 9.97 Å². The number of hydrogen-bond donors (Lipinski definition) is 1. The molecule has 0 spiro atoms. The fourth-order valence-corrected chi connectivity index (χ4v) is 3.63. The average molecular weight is 322 g/mol. The van der Waals surface area contributed by atoms with Gasteiger partial charge in [-0.1, -0.05) is 61.5 Å².